The summed E-state index contributed by atoms with van der Waals surface area (Å²) in [5, 5.41) is 14.2. The van der Waals surface area contributed by atoms with Crippen LogP contribution in [0.4, 0.5) is 10.1 Å². The minimum atomic E-state index is -4.28. The highest BCUT2D eigenvalue weighted by Gasteiger charge is 2.29. The molecule has 24 heavy (non-hydrogen) atoms. The van der Waals surface area contributed by atoms with Gasteiger partial charge in [0.15, 0.2) is 4.90 Å². The fraction of sp³-hybridized carbons (Fsp3) is 0.600. The molecule has 2 N–H and O–H groups in total. The summed E-state index contributed by atoms with van der Waals surface area (Å²) in [7, 11) is -4.28. The lowest BCUT2D eigenvalue weighted by Crippen LogP contribution is -2.37. The SMILES string of the molecule is O=[N+]([O-])c1cccc(F)c1S(=O)(=O)NCCNC1CCCCCC1. The average Bonchev–Trinajstić information content (AvgIpc) is 2.79. The minimum absolute atomic E-state index is 0.0460. The van der Waals surface area contributed by atoms with Crippen LogP contribution in [-0.2, 0) is 10.0 Å². The number of sulfonamides is 1. The zero-order chi connectivity index (χ0) is 17.6. The Balaban J connectivity index is 1.95. The Bertz CT molecular complexity index is 673. The number of rotatable bonds is 7. The topological polar surface area (TPSA) is 101 Å². The first kappa shape index (κ1) is 18.8. The van der Waals surface area contributed by atoms with E-state index < -0.39 is 31.3 Å². The summed E-state index contributed by atoms with van der Waals surface area (Å²) in [6.45, 7) is 0.441. The molecule has 0 spiro atoms. The molecule has 134 valence electrons. The minimum Gasteiger partial charge on any atom is -0.313 e. The van der Waals surface area contributed by atoms with E-state index in [1.54, 1.807) is 0 Å². The first-order valence-electron chi connectivity index (χ1n) is 8.08. The van der Waals surface area contributed by atoms with E-state index in [1.165, 1.54) is 12.8 Å². The van der Waals surface area contributed by atoms with Crippen LogP contribution in [0.1, 0.15) is 38.5 Å². The van der Waals surface area contributed by atoms with Gasteiger partial charge < -0.3 is 5.32 Å². The number of hydrogen-bond acceptors (Lipinski definition) is 5. The third kappa shape index (κ3) is 4.96. The number of nitrogens with one attached hydrogen (secondary N) is 2. The molecule has 9 heteroatoms. The second-order valence-corrected chi connectivity index (χ2v) is 7.59. The van der Waals surface area contributed by atoms with Crippen molar-refractivity contribution in [1.82, 2.24) is 10.0 Å². The maximum Gasteiger partial charge on any atom is 0.292 e. The lowest BCUT2D eigenvalue weighted by molar-refractivity contribution is -0.388. The van der Waals surface area contributed by atoms with Gasteiger partial charge in [-0.05, 0) is 18.9 Å². The van der Waals surface area contributed by atoms with Crippen LogP contribution in [0.15, 0.2) is 23.1 Å². The van der Waals surface area contributed by atoms with E-state index >= 15 is 0 Å². The van der Waals surface area contributed by atoms with Crippen LogP contribution in [0, 0.1) is 15.9 Å². The van der Waals surface area contributed by atoms with Crippen LogP contribution in [0.5, 0.6) is 0 Å². The Labute approximate surface area is 140 Å². The summed E-state index contributed by atoms with van der Waals surface area (Å²) in [5.41, 5.74) is -0.765. The summed E-state index contributed by atoms with van der Waals surface area (Å²) in [6.07, 6.45) is 6.89. The molecular weight excluding hydrogens is 337 g/mol. The average molecular weight is 359 g/mol. The summed E-state index contributed by atoms with van der Waals surface area (Å²) in [6, 6.07) is 3.34. The van der Waals surface area contributed by atoms with Crippen molar-refractivity contribution in [3.8, 4) is 0 Å². The largest absolute Gasteiger partial charge is 0.313 e. The third-order valence-electron chi connectivity index (χ3n) is 4.12. The van der Waals surface area contributed by atoms with Crippen molar-refractivity contribution in [3.05, 3.63) is 34.1 Å². The van der Waals surface area contributed by atoms with Crippen LogP contribution in [0.25, 0.3) is 0 Å². The first-order valence-corrected chi connectivity index (χ1v) is 9.56. The molecule has 0 amide bonds. The van der Waals surface area contributed by atoms with Gasteiger partial charge >= 0.3 is 0 Å². The van der Waals surface area contributed by atoms with Gasteiger partial charge in [0.1, 0.15) is 5.82 Å². The molecule has 0 bridgehead atoms. The molecule has 1 aromatic carbocycles. The van der Waals surface area contributed by atoms with Gasteiger partial charge in [0, 0.05) is 25.2 Å². The van der Waals surface area contributed by atoms with E-state index in [-0.39, 0.29) is 6.54 Å². The molecule has 1 fully saturated rings. The van der Waals surface area contributed by atoms with E-state index in [1.807, 2.05) is 0 Å². The van der Waals surface area contributed by atoms with Gasteiger partial charge in [-0.25, -0.2) is 17.5 Å². The predicted molar refractivity (Wildman–Crippen MR) is 87.7 cm³/mol. The molecule has 0 atom stereocenters. The molecule has 0 aromatic heterocycles. The maximum atomic E-state index is 13.8. The van der Waals surface area contributed by atoms with E-state index in [9.17, 15) is 22.9 Å². The highest BCUT2D eigenvalue weighted by molar-refractivity contribution is 7.89. The summed E-state index contributed by atoms with van der Waals surface area (Å²) >= 11 is 0. The first-order chi connectivity index (χ1) is 11.4. The van der Waals surface area contributed by atoms with Gasteiger partial charge in [-0.1, -0.05) is 31.7 Å². The standard InChI is InChI=1S/C15H22FN3O4S/c16-13-8-5-9-14(19(20)21)15(13)24(22,23)18-11-10-17-12-6-3-1-2-4-7-12/h5,8-9,12,17-18H,1-4,6-7,10-11H2. The van der Waals surface area contributed by atoms with E-state index in [0.717, 1.165) is 43.9 Å². The smallest absolute Gasteiger partial charge is 0.292 e. The molecule has 7 nitrogen and oxygen atoms in total. The molecule has 0 heterocycles. The highest BCUT2D eigenvalue weighted by Crippen LogP contribution is 2.26. The van der Waals surface area contributed by atoms with Gasteiger partial charge in [0.2, 0.25) is 10.0 Å². The quantitative estimate of drug-likeness (QED) is 0.337. The second kappa shape index (κ2) is 8.50. The zero-order valence-corrected chi connectivity index (χ0v) is 14.1. The van der Waals surface area contributed by atoms with Crippen molar-refractivity contribution in [3.63, 3.8) is 0 Å². The van der Waals surface area contributed by atoms with Crippen molar-refractivity contribution in [2.75, 3.05) is 13.1 Å². The molecule has 0 unspecified atom stereocenters. The Hall–Kier alpha value is -1.58. The molecule has 0 saturated heterocycles. The van der Waals surface area contributed by atoms with E-state index in [0.29, 0.717) is 12.6 Å². The van der Waals surface area contributed by atoms with Gasteiger partial charge in [0.25, 0.3) is 5.69 Å². The number of hydrogen-bond donors (Lipinski definition) is 2. The summed E-state index contributed by atoms with van der Waals surface area (Å²) in [4.78, 5) is 9.11. The number of benzene rings is 1. The maximum absolute atomic E-state index is 13.8. The van der Waals surface area contributed by atoms with Gasteiger partial charge in [-0.15, -0.1) is 0 Å². The molecular formula is C15H22FN3O4S. The normalized spacial score (nSPS) is 16.7. The lowest BCUT2D eigenvalue weighted by atomic mass is 10.1. The lowest BCUT2D eigenvalue weighted by Gasteiger charge is -2.16. The third-order valence-corrected chi connectivity index (χ3v) is 5.64. The fourth-order valence-electron chi connectivity index (χ4n) is 2.92. The van der Waals surface area contributed by atoms with Gasteiger partial charge in [-0.2, -0.15) is 0 Å². The van der Waals surface area contributed by atoms with E-state index in [2.05, 4.69) is 10.0 Å². The second-order valence-electron chi connectivity index (χ2n) is 5.89. The van der Waals surface area contributed by atoms with Crippen LogP contribution in [0.3, 0.4) is 0 Å². The van der Waals surface area contributed by atoms with Crippen molar-refractivity contribution in [2.24, 2.45) is 0 Å². The van der Waals surface area contributed by atoms with Crippen molar-refractivity contribution < 1.29 is 17.7 Å². The Morgan fingerprint density at radius 1 is 1.17 bits per heavy atom. The summed E-state index contributed by atoms with van der Waals surface area (Å²) < 4.78 is 40.4. The van der Waals surface area contributed by atoms with Crippen LogP contribution >= 0.6 is 0 Å². The van der Waals surface area contributed by atoms with Crippen LogP contribution < -0.4 is 10.0 Å². The highest BCUT2D eigenvalue weighted by atomic mass is 32.2. The fourth-order valence-corrected chi connectivity index (χ4v) is 4.18. The summed E-state index contributed by atoms with van der Waals surface area (Å²) in [5.74, 6) is -1.13. The van der Waals surface area contributed by atoms with Crippen LogP contribution in [-0.4, -0.2) is 32.5 Å². The number of nitro benzene ring substituents is 1. The molecule has 1 saturated carbocycles. The molecule has 1 aromatic rings. The Morgan fingerprint density at radius 3 is 2.46 bits per heavy atom. The molecule has 1 aliphatic carbocycles. The van der Waals surface area contributed by atoms with Crippen molar-refractivity contribution in [1.29, 1.82) is 0 Å². The molecule has 1 aliphatic rings. The van der Waals surface area contributed by atoms with Crippen LogP contribution in [0.2, 0.25) is 0 Å². The number of nitro groups is 1. The van der Waals surface area contributed by atoms with E-state index in [4.69, 9.17) is 0 Å². The van der Waals surface area contributed by atoms with Crippen molar-refractivity contribution >= 4 is 15.7 Å². The monoisotopic (exact) mass is 359 g/mol. The zero-order valence-electron chi connectivity index (χ0n) is 13.3. The number of nitrogens with zero attached hydrogens (tertiary/aromatic N) is 1. The predicted octanol–water partition coefficient (Wildman–Crippen LogP) is 2.32. The van der Waals surface area contributed by atoms with Gasteiger partial charge in [-0.3, -0.25) is 10.1 Å². The Morgan fingerprint density at radius 2 is 1.83 bits per heavy atom. The van der Waals surface area contributed by atoms with Gasteiger partial charge in [0.05, 0.1) is 4.92 Å². The van der Waals surface area contributed by atoms with Crippen molar-refractivity contribution in [2.45, 2.75) is 49.5 Å². The Kier molecular flexibility index (Phi) is 6.64. The molecule has 0 radical (unpaired) electrons. The number of halogens is 1. The molecule has 2 rings (SSSR count). The molecule has 0 aliphatic heterocycles.